The predicted molar refractivity (Wildman–Crippen MR) is 56.8 cm³/mol. The molecule has 0 spiro atoms. The normalized spacial score (nSPS) is 27.8. The highest BCUT2D eigenvalue weighted by Gasteiger charge is 2.26. The Labute approximate surface area is 85.1 Å². The lowest BCUT2D eigenvalue weighted by Gasteiger charge is -2.18. The fraction of sp³-hybridized carbons (Fsp3) is 0.889. The molecule has 0 saturated carbocycles. The SMILES string of the molecule is CCC1OCCC1CNC(=NC)NN. The Hall–Kier alpha value is -0.810. The quantitative estimate of drug-likeness (QED) is 0.256. The first-order valence-corrected chi connectivity index (χ1v) is 5.10. The second-order valence-electron chi connectivity index (χ2n) is 3.46. The number of ether oxygens (including phenoxy) is 1. The summed E-state index contributed by atoms with van der Waals surface area (Å²) in [6, 6.07) is 0. The van der Waals surface area contributed by atoms with Gasteiger partial charge in [0.1, 0.15) is 0 Å². The second kappa shape index (κ2) is 5.82. The monoisotopic (exact) mass is 200 g/mol. The number of hydrazine groups is 1. The Balaban J connectivity index is 2.29. The molecule has 1 saturated heterocycles. The molecule has 1 heterocycles. The highest BCUT2D eigenvalue weighted by molar-refractivity contribution is 5.78. The van der Waals surface area contributed by atoms with E-state index in [9.17, 15) is 0 Å². The van der Waals surface area contributed by atoms with Gasteiger partial charge in [-0.05, 0) is 12.8 Å². The van der Waals surface area contributed by atoms with E-state index in [-0.39, 0.29) is 0 Å². The van der Waals surface area contributed by atoms with E-state index < -0.39 is 0 Å². The van der Waals surface area contributed by atoms with Gasteiger partial charge in [0, 0.05) is 26.1 Å². The van der Waals surface area contributed by atoms with Crippen molar-refractivity contribution in [2.24, 2.45) is 16.8 Å². The van der Waals surface area contributed by atoms with Crippen molar-refractivity contribution in [2.75, 3.05) is 20.2 Å². The molecule has 4 N–H and O–H groups in total. The number of aliphatic imine (C=N–C) groups is 1. The van der Waals surface area contributed by atoms with Gasteiger partial charge in [-0.25, -0.2) is 5.84 Å². The molecule has 1 rings (SSSR count). The minimum atomic E-state index is 0.387. The molecule has 1 aliphatic rings. The molecule has 82 valence electrons. The van der Waals surface area contributed by atoms with Gasteiger partial charge < -0.3 is 10.1 Å². The Morgan fingerprint density at radius 2 is 2.43 bits per heavy atom. The van der Waals surface area contributed by atoms with Gasteiger partial charge in [0.2, 0.25) is 5.96 Å². The van der Waals surface area contributed by atoms with E-state index in [1.54, 1.807) is 7.05 Å². The van der Waals surface area contributed by atoms with Crippen molar-refractivity contribution in [3.05, 3.63) is 0 Å². The largest absolute Gasteiger partial charge is 0.378 e. The smallest absolute Gasteiger partial charge is 0.205 e. The van der Waals surface area contributed by atoms with Crippen LogP contribution < -0.4 is 16.6 Å². The van der Waals surface area contributed by atoms with Crippen molar-refractivity contribution >= 4 is 5.96 Å². The van der Waals surface area contributed by atoms with Crippen molar-refractivity contribution in [3.8, 4) is 0 Å². The van der Waals surface area contributed by atoms with E-state index in [1.165, 1.54) is 0 Å². The summed E-state index contributed by atoms with van der Waals surface area (Å²) in [6.45, 7) is 3.90. The topological polar surface area (TPSA) is 71.7 Å². The summed E-state index contributed by atoms with van der Waals surface area (Å²) < 4.78 is 5.58. The van der Waals surface area contributed by atoms with Gasteiger partial charge in [0.25, 0.3) is 0 Å². The highest BCUT2D eigenvalue weighted by atomic mass is 16.5. The highest BCUT2D eigenvalue weighted by Crippen LogP contribution is 2.22. The summed E-state index contributed by atoms with van der Waals surface area (Å²) in [6.07, 6.45) is 2.58. The first-order valence-electron chi connectivity index (χ1n) is 5.10. The van der Waals surface area contributed by atoms with Crippen LogP contribution in [0.25, 0.3) is 0 Å². The van der Waals surface area contributed by atoms with E-state index in [0.717, 1.165) is 26.0 Å². The maximum absolute atomic E-state index is 5.58. The third kappa shape index (κ3) is 2.85. The van der Waals surface area contributed by atoms with Crippen molar-refractivity contribution in [3.63, 3.8) is 0 Å². The predicted octanol–water partition coefficient (Wildman–Crippen LogP) is -0.160. The molecule has 1 fully saturated rings. The van der Waals surface area contributed by atoms with Crippen LogP contribution in [0.2, 0.25) is 0 Å². The Bertz CT molecular complexity index is 195. The van der Waals surface area contributed by atoms with Crippen LogP contribution in [0.5, 0.6) is 0 Å². The van der Waals surface area contributed by atoms with E-state index in [1.807, 2.05) is 0 Å². The zero-order chi connectivity index (χ0) is 10.4. The van der Waals surface area contributed by atoms with Gasteiger partial charge in [-0.3, -0.25) is 10.4 Å². The molecule has 0 aromatic rings. The van der Waals surface area contributed by atoms with E-state index >= 15 is 0 Å². The van der Waals surface area contributed by atoms with Gasteiger partial charge in [0.05, 0.1) is 6.10 Å². The lowest BCUT2D eigenvalue weighted by atomic mass is 10.00. The van der Waals surface area contributed by atoms with Crippen LogP contribution in [0, 0.1) is 5.92 Å². The lowest BCUT2D eigenvalue weighted by Crippen LogP contribution is -2.44. The van der Waals surface area contributed by atoms with Crippen LogP contribution in [0.1, 0.15) is 19.8 Å². The zero-order valence-electron chi connectivity index (χ0n) is 8.92. The van der Waals surface area contributed by atoms with Crippen molar-refractivity contribution < 1.29 is 4.74 Å². The van der Waals surface area contributed by atoms with Crippen molar-refractivity contribution in [1.82, 2.24) is 10.7 Å². The fourth-order valence-corrected chi connectivity index (χ4v) is 1.80. The minimum Gasteiger partial charge on any atom is -0.378 e. The number of nitrogens with two attached hydrogens (primary N) is 1. The molecule has 0 aliphatic carbocycles. The Kier molecular flexibility index (Phi) is 4.69. The van der Waals surface area contributed by atoms with Crippen molar-refractivity contribution in [1.29, 1.82) is 0 Å². The minimum absolute atomic E-state index is 0.387. The molecule has 0 amide bonds. The molecule has 0 bridgehead atoms. The van der Waals surface area contributed by atoms with Gasteiger partial charge >= 0.3 is 0 Å². The Morgan fingerprint density at radius 1 is 1.64 bits per heavy atom. The maximum atomic E-state index is 5.58. The van der Waals surface area contributed by atoms with Crippen LogP contribution in [-0.2, 0) is 4.74 Å². The van der Waals surface area contributed by atoms with Crippen LogP contribution in [-0.4, -0.2) is 32.3 Å². The summed E-state index contributed by atoms with van der Waals surface area (Å²) in [5.74, 6) is 6.47. The summed E-state index contributed by atoms with van der Waals surface area (Å²) in [7, 11) is 1.70. The summed E-state index contributed by atoms with van der Waals surface area (Å²) >= 11 is 0. The summed E-state index contributed by atoms with van der Waals surface area (Å²) in [5.41, 5.74) is 2.51. The third-order valence-electron chi connectivity index (χ3n) is 2.64. The molecule has 5 nitrogen and oxygen atoms in total. The fourth-order valence-electron chi connectivity index (χ4n) is 1.80. The van der Waals surface area contributed by atoms with E-state index in [2.05, 4.69) is 22.7 Å². The summed E-state index contributed by atoms with van der Waals surface area (Å²) in [4.78, 5) is 3.95. The molecule has 0 radical (unpaired) electrons. The van der Waals surface area contributed by atoms with Gasteiger partial charge in [-0.15, -0.1) is 0 Å². The number of nitrogens with one attached hydrogen (secondary N) is 2. The first-order chi connectivity index (χ1) is 6.81. The molecule has 0 aromatic carbocycles. The van der Waals surface area contributed by atoms with Crippen molar-refractivity contribution in [2.45, 2.75) is 25.9 Å². The standard InChI is InChI=1S/C9H20N4O/c1-3-8-7(4-5-14-8)6-12-9(11-2)13-10/h7-8H,3-6,10H2,1-2H3,(H2,11,12,13). The maximum Gasteiger partial charge on any atom is 0.205 e. The summed E-state index contributed by atoms with van der Waals surface area (Å²) in [5, 5.41) is 3.16. The van der Waals surface area contributed by atoms with Gasteiger partial charge in [-0.1, -0.05) is 6.92 Å². The van der Waals surface area contributed by atoms with E-state index in [0.29, 0.717) is 18.0 Å². The van der Waals surface area contributed by atoms with Crippen LogP contribution in [0.3, 0.4) is 0 Å². The lowest BCUT2D eigenvalue weighted by molar-refractivity contribution is 0.0882. The van der Waals surface area contributed by atoms with Crippen LogP contribution in [0.15, 0.2) is 4.99 Å². The molecular formula is C9H20N4O. The number of hydrogen-bond acceptors (Lipinski definition) is 3. The molecular weight excluding hydrogens is 180 g/mol. The van der Waals surface area contributed by atoms with E-state index in [4.69, 9.17) is 10.6 Å². The molecule has 2 atom stereocenters. The number of rotatable bonds is 3. The number of guanidine groups is 1. The number of hydrogen-bond donors (Lipinski definition) is 3. The van der Waals surface area contributed by atoms with Crippen LogP contribution in [0.4, 0.5) is 0 Å². The molecule has 2 unspecified atom stereocenters. The molecule has 0 aromatic heterocycles. The Morgan fingerprint density at radius 3 is 3.00 bits per heavy atom. The third-order valence-corrected chi connectivity index (χ3v) is 2.64. The molecule has 14 heavy (non-hydrogen) atoms. The zero-order valence-corrected chi connectivity index (χ0v) is 8.92. The average Bonchev–Trinajstić information content (AvgIpc) is 2.67. The molecule has 1 aliphatic heterocycles. The van der Waals surface area contributed by atoms with Gasteiger partial charge in [-0.2, -0.15) is 0 Å². The molecule has 5 heteroatoms. The van der Waals surface area contributed by atoms with Crippen LogP contribution >= 0.6 is 0 Å². The van der Waals surface area contributed by atoms with Gasteiger partial charge in [0.15, 0.2) is 0 Å². The average molecular weight is 200 g/mol. The number of nitrogens with zero attached hydrogens (tertiary/aromatic N) is 1. The second-order valence-corrected chi connectivity index (χ2v) is 3.46. The first kappa shape index (κ1) is 11.3.